The Labute approximate surface area is 194 Å². The Morgan fingerprint density at radius 2 is 1.91 bits per heavy atom. The number of aromatic nitrogens is 5. The van der Waals surface area contributed by atoms with Crippen molar-refractivity contribution < 1.29 is 19.7 Å². The van der Waals surface area contributed by atoms with Crippen molar-refractivity contribution in [2.45, 2.75) is 74.1 Å². The zero-order chi connectivity index (χ0) is 23.1. The van der Waals surface area contributed by atoms with Gasteiger partial charge >= 0.3 is 0 Å². The number of nitrogens with one attached hydrogen (secondary N) is 1. The SMILES string of the molecule is CCCCSc1nc(NC2CC2c2ccc(F)cc2)c2nnn(C3C[C@H](O)[C@@H](O)[C@H]3O)c2n1. The maximum atomic E-state index is 13.3. The minimum atomic E-state index is -1.24. The molecule has 3 aromatic rings. The summed E-state index contributed by atoms with van der Waals surface area (Å²) in [7, 11) is 0. The van der Waals surface area contributed by atoms with Gasteiger partial charge < -0.3 is 20.6 Å². The minimum Gasteiger partial charge on any atom is -0.390 e. The Bertz CT molecular complexity index is 1130. The van der Waals surface area contributed by atoms with E-state index < -0.39 is 24.4 Å². The van der Waals surface area contributed by atoms with E-state index in [1.165, 1.54) is 16.8 Å². The fourth-order valence-electron chi connectivity index (χ4n) is 4.34. The van der Waals surface area contributed by atoms with Crippen LogP contribution in [-0.2, 0) is 0 Å². The molecule has 2 aliphatic rings. The lowest BCUT2D eigenvalue weighted by atomic mass is 10.1. The number of aliphatic hydroxyl groups is 3. The molecule has 0 bridgehead atoms. The average molecular weight is 475 g/mol. The van der Waals surface area contributed by atoms with Gasteiger partial charge in [-0.1, -0.05) is 42.5 Å². The van der Waals surface area contributed by atoms with Gasteiger partial charge in [0, 0.05) is 24.1 Å². The molecule has 2 saturated carbocycles. The van der Waals surface area contributed by atoms with E-state index in [2.05, 4.69) is 32.5 Å². The predicted octanol–water partition coefficient (Wildman–Crippen LogP) is 2.25. The maximum absolute atomic E-state index is 13.3. The number of nitrogens with zero attached hydrogens (tertiary/aromatic N) is 5. The molecule has 1 aromatic carbocycles. The van der Waals surface area contributed by atoms with Crippen molar-refractivity contribution in [1.82, 2.24) is 25.0 Å². The largest absolute Gasteiger partial charge is 0.390 e. The van der Waals surface area contributed by atoms with Crippen LogP contribution in [-0.4, -0.2) is 70.4 Å². The fourth-order valence-corrected chi connectivity index (χ4v) is 5.26. The molecule has 2 aromatic heterocycles. The first-order valence-corrected chi connectivity index (χ1v) is 12.3. The second-order valence-electron chi connectivity index (χ2n) is 8.76. The Hall–Kier alpha value is -2.34. The molecule has 6 atom stereocenters. The molecule has 5 rings (SSSR count). The van der Waals surface area contributed by atoms with Crippen LogP contribution in [0.5, 0.6) is 0 Å². The monoisotopic (exact) mass is 474 g/mol. The molecule has 176 valence electrons. The van der Waals surface area contributed by atoms with Crippen LogP contribution in [0.2, 0.25) is 0 Å². The highest BCUT2D eigenvalue weighted by Gasteiger charge is 2.43. The van der Waals surface area contributed by atoms with E-state index >= 15 is 0 Å². The van der Waals surface area contributed by atoms with Crippen LogP contribution in [0.15, 0.2) is 29.4 Å². The van der Waals surface area contributed by atoms with Crippen LogP contribution >= 0.6 is 11.8 Å². The smallest absolute Gasteiger partial charge is 0.191 e. The lowest BCUT2D eigenvalue weighted by Crippen LogP contribution is -2.31. The topological polar surface area (TPSA) is 129 Å². The predicted molar refractivity (Wildman–Crippen MR) is 122 cm³/mol. The number of fused-ring (bicyclic) bond motifs is 1. The third-order valence-corrected chi connectivity index (χ3v) is 7.31. The highest BCUT2D eigenvalue weighted by Crippen LogP contribution is 2.43. The van der Waals surface area contributed by atoms with Crippen molar-refractivity contribution in [3.8, 4) is 0 Å². The van der Waals surface area contributed by atoms with Gasteiger partial charge in [-0.2, -0.15) is 0 Å². The molecule has 11 heteroatoms. The molecule has 0 amide bonds. The van der Waals surface area contributed by atoms with Crippen LogP contribution in [0.1, 0.15) is 50.1 Å². The molecule has 2 fully saturated rings. The van der Waals surface area contributed by atoms with Gasteiger partial charge in [-0.15, -0.1) is 5.10 Å². The van der Waals surface area contributed by atoms with Gasteiger partial charge in [0.25, 0.3) is 0 Å². The van der Waals surface area contributed by atoms with Crippen LogP contribution in [0.25, 0.3) is 11.2 Å². The van der Waals surface area contributed by atoms with Crippen molar-refractivity contribution in [3.05, 3.63) is 35.6 Å². The summed E-state index contributed by atoms with van der Waals surface area (Å²) in [6.07, 6.45) is -0.310. The first-order valence-electron chi connectivity index (χ1n) is 11.3. The summed E-state index contributed by atoms with van der Waals surface area (Å²) in [4.78, 5) is 9.33. The summed E-state index contributed by atoms with van der Waals surface area (Å²) >= 11 is 1.54. The molecule has 0 spiro atoms. The van der Waals surface area contributed by atoms with Crippen LogP contribution in [0, 0.1) is 5.82 Å². The summed E-state index contributed by atoms with van der Waals surface area (Å²) < 4.78 is 14.8. The second kappa shape index (κ2) is 9.13. The summed E-state index contributed by atoms with van der Waals surface area (Å²) in [5.41, 5.74) is 2.00. The molecular formula is C22H27FN6O3S. The third kappa shape index (κ3) is 4.42. The van der Waals surface area contributed by atoms with Crippen molar-refractivity contribution in [2.24, 2.45) is 0 Å². The van der Waals surface area contributed by atoms with E-state index in [4.69, 9.17) is 0 Å². The lowest BCUT2D eigenvalue weighted by Gasteiger charge is -2.16. The number of hydrogen-bond acceptors (Lipinski definition) is 9. The van der Waals surface area contributed by atoms with Crippen molar-refractivity contribution >= 4 is 28.7 Å². The molecule has 4 N–H and O–H groups in total. The van der Waals surface area contributed by atoms with E-state index in [0.717, 1.165) is 30.6 Å². The highest BCUT2D eigenvalue weighted by molar-refractivity contribution is 7.99. The number of benzene rings is 1. The summed E-state index contributed by atoms with van der Waals surface area (Å²) in [5, 5.41) is 42.9. The standard InChI is InChI=1S/C22H27FN6O3S/c1-2-3-8-33-22-25-20(24-14-9-13(14)11-4-6-12(23)7-5-11)17-21(26-22)29(28-27-17)15-10-16(30)19(32)18(15)31/h4-7,13-16,18-19,30-32H,2-3,8-10H2,1H3,(H,24,25,26)/t13?,14?,15?,16-,18-,19+/m0/s1. The Kier molecular flexibility index (Phi) is 6.21. The number of anilines is 1. The number of unbranched alkanes of at least 4 members (excludes halogenated alkanes) is 1. The number of thioether (sulfide) groups is 1. The molecule has 0 saturated heterocycles. The fraction of sp³-hybridized carbons (Fsp3) is 0.545. The molecule has 0 aliphatic heterocycles. The second-order valence-corrected chi connectivity index (χ2v) is 9.82. The number of halogens is 1. The average Bonchev–Trinajstić information content (AvgIpc) is 3.36. The van der Waals surface area contributed by atoms with E-state index in [0.29, 0.717) is 22.1 Å². The molecule has 3 unspecified atom stereocenters. The Morgan fingerprint density at radius 3 is 2.61 bits per heavy atom. The normalized spacial score (nSPS) is 29.0. The van der Waals surface area contributed by atoms with Gasteiger partial charge in [-0.3, -0.25) is 0 Å². The zero-order valence-corrected chi connectivity index (χ0v) is 19.0. The third-order valence-electron chi connectivity index (χ3n) is 6.38. The Balaban J connectivity index is 1.44. The molecule has 0 radical (unpaired) electrons. The van der Waals surface area contributed by atoms with Crippen LogP contribution in [0.3, 0.4) is 0 Å². The summed E-state index contributed by atoms with van der Waals surface area (Å²) in [6.45, 7) is 2.12. The first-order chi connectivity index (χ1) is 16.0. The van der Waals surface area contributed by atoms with Crippen molar-refractivity contribution in [1.29, 1.82) is 0 Å². The number of hydrogen-bond donors (Lipinski definition) is 4. The van der Waals surface area contributed by atoms with E-state index in [1.54, 1.807) is 23.9 Å². The maximum Gasteiger partial charge on any atom is 0.191 e. The van der Waals surface area contributed by atoms with E-state index in [9.17, 15) is 19.7 Å². The first kappa shape index (κ1) is 22.5. The molecule has 9 nitrogen and oxygen atoms in total. The van der Waals surface area contributed by atoms with Gasteiger partial charge in [0.05, 0.1) is 12.1 Å². The molecular weight excluding hydrogens is 447 g/mol. The summed E-state index contributed by atoms with van der Waals surface area (Å²) in [5.74, 6) is 1.43. The van der Waals surface area contributed by atoms with Crippen LogP contribution < -0.4 is 5.32 Å². The van der Waals surface area contributed by atoms with E-state index in [1.807, 2.05) is 0 Å². The van der Waals surface area contributed by atoms with Crippen molar-refractivity contribution in [2.75, 3.05) is 11.1 Å². The number of aliphatic hydroxyl groups excluding tert-OH is 3. The van der Waals surface area contributed by atoms with Gasteiger partial charge in [0.1, 0.15) is 18.0 Å². The van der Waals surface area contributed by atoms with E-state index in [-0.39, 0.29) is 24.2 Å². The number of rotatable bonds is 8. The van der Waals surface area contributed by atoms with Crippen molar-refractivity contribution in [3.63, 3.8) is 0 Å². The van der Waals surface area contributed by atoms with Crippen LogP contribution in [0.4, 0.5) is 10.2 Å². The quantitative estimate of drug-likeness (QED) is 0.221. The summed E-state index contributed by atoms with van der Waals surface area (Å²) in [6, 6.07) is 6.04. The molecule has 2 heterocycles. The zero-order valence-electron chi connectivity index (χ0n) is 18.2. The Morgan fingerprint density at radius 1 is 1.12 bits per heavy atom. The highest BCUT2D eigenvalue weighted by atomic mass is 32.2. The van der Waals surface area contributed by atoms with Gasteiger partial charge in [-0.25, -0.2) is 19.0 Å². The molecule has 33 heavy (non-hydrogen) atoms. The lowest BCUT2D eigenvalue weighted by molar-refractivity contribution is -0.0253. The minimum absolute atomic E-state index is 0.132. The van der Waals surface area contributed by atoms with Gasteiger partial charge in [0.2, 0.25) is 0 Å². The van der Waals surface area contributed by atoms with Gasteiger partial charge in [0.15, 0.2) is 22.1 Å². The van der Waals surface area contributed by atoms with Gasteiger partial charge in [-0.05, 0) is 30.5 Å². The molecule has 2 aliphatic carbocycles.